The lowest BCUT2D eigenvalue weighted by Gasteiger charge is -2.17. The highest BCUT2D eigenvalue weighted by Crippen LogP contribution is 2.23. The molecular formula is C20H21N3O2. The molecule has 0 unspecified atom stereocenters. The topological polar surface area (TPSA) is 64.1 Å². The Morgan fingerprint density at radius 3 is 2.48 bits per heavy atom. The molecule has 0 aliphatic carbocycles. The summed E-state index contributed by atoms with van der Waals surface area (Å²) in [6.45, 7) is 4.42. The second-order valence-electron chi connectivity index (χ2n) is 5.68. The van der Waals surface area contributed by atoms with Gasteiger partial charge in [0.1, 0.15) is 5.75 Å². The van der Waals surface area contributed by atoms with Crippen LogP contribution in [0.3, 0.4) is 0 Å². The third-order valence-electron chi connectivity index (χ3n) is 3.89. The third kappa shape index (κ3) is 3.94. The molecule has 1 amide bonds. The van der Waals surface area contributed by atoms with Crippen LogP contribution in [0.2, 0.25) is 0 Å². The summed E-state index contributed by atoms with van der Waals surface area (Å²) in [7, 11) is 0. The Morgan fingerprint density at radius 2 is 1.80 bits per heavy atom. The summed E-state index contributed by atoms with van der Waals surface area (Å²) in [5.74, 6) is 0.574. The van der Waals surface area contributed by atoms with Crippen LogP contribution in [-0.2, 0) is 4.79 Å². The molecule has 5 heteroatoms. The number of nitrogens with zero attached hydrogens (tertiary/aromatic N) is 2. The normalized spacial score (nSPS) is 11.9. The minimum atomic E-state index is -0.480. The van der Waals surface area contributed by atoms with Crippen molar-refractivity contribution in [3.8, 4) is 17.0 Å². The van der Waals surface area contributed by atoms with Gasteiger partial charge in [-0.15, -0.1) is 0 Å². The van der Waals surface area contributed by atoms with Gasteiger partial charge in [0.15, 0.2) is 6.10 Å². The van der Waals surface area contributed by atoms with Gasteiger partial charge in [-0.1, -0.05) is 19.1 Å². The molecule has 1 heterocycles. The Morgan fingerprint density at radius 1 is 1.08 bits per heavy atom. The summed E-state index contributed by atoms with van der Waals surface area (Å²) in [4.78, 5) is 21.0. The van der Waals surface area contributed by atoms with E-state index < -0.39 is 6.10 Å². The number of ether oxygens (including phenoxy) is 1. The second-order valence-corrected chi connectivity index (χ2v) is 5.68. The maximum absolute atomic E-state index is 11.9. The molecule has 1 atom stereocenters. The number of carbonyl (C=O) groups excluding carboxylic acids is 1. The fourth-order valence-electron chi connectivity index (χ4n) is 2.58. The zero-order valence-electron chi connectivity index (χ0n) is 14.4. The molecule has 3 aromatic rings. The van der Waals surface area contributed by atoms with Crippen molar-refractivity contribution in [2.75, 3.05) is 6.54 Å². The van der Waals surface area contributed by atoms with Crippen LogP contribution in [0.5, 0.6) is 5.75 Å². The highest BCUT2D eigenvalue weighted by molar-refractivity contribution is 5.81. The number of carbonyl (C=O) groups is 1. The lowest BCUT2D eigenvalue weighted by atomic mass is 10.1. The Labute approximate surface area is 147 Å². The fourth-order valence-corrected chi connectivity index (χ4v) is 2.58. The maximum Gasteiger partial charge on any atom is 0.261 e. The number of benzene rings is 2. The highest BCUT2D eigenvalue weighted by Gasteiger charge is 2.17. The summed E-state index contributed by atoms with van der Waals surface area (Å²) in [6.07, 6.45) is 1.90. The van der Waals surface area contributed by atoms with Crippen LogP contribution in [0.15, 0.2) is 54.7 Å². The van der Waals surface area contributed by atoms with E-state index in [0.29, 0.717) is 18.7 Å². The Hall–Kier alpha value is -2.95. The van der Waals surface area contributed by atoms with E-state index in [1.165, 1.54) is 0 Å². The minimum absolute atomic E-state index is 0.0885. The summed E-state index contributed by atoms with van der Waals surface area (Å²) >= 11 is 0. The van der Waals surface area contributed by atoms with Gasteiger partial charge in [-0.3, -0.25) is 9.78 Å². The van der Waals surface area contributed by atoms with Crippen LogP contribution in [0.1, 0.15) is 20.3 Å². The molecule has 0 saturated heterocycles. The van der Waals surface area contributed by atoms with Gasteiger partial charge in [-0.25, -0.2) is 4.98 Å². The molecule has 25 heavy (non-hydrogen) atoms. The molecule has 1 aromatic heterocycles. The molecule has 0 spiro atoms. The number of rotatable bonds is 6. The molecule has 2 aromatic carbocycles. The van der Waals surface area contributed by atoms with Gasteiger partial charge in [-0.2, -0.15) is 0 Å². The first-order chi connectivity index (χ1) is 12.2. The van der Waals surface area contributed by atoms with E-state index >= 15 is 0 Å². The standard InChI is InChI=1S/C20H21N3O2/c1-3-19(20(24)21-4-2)25-15-11-9-14(10-12-15)18-13-22-16-7-5-6-8-17(16)23-18/h5-13,19H,3-4H2,1-2H3,(H,21,24)/t19-/m1/s1. The van der Waals surface area contributed by atoms with Crippen molar-refractivity contribution < 1.29 is 9.53 Å². The smallest absolute Gasteiger partial charge is 0.261 e. The van der Waals surface area contributed by atoms with E-state index in [4.69, 9.17) is 4.74 Å². The number of para-hydroxylation sites is 2. The second kappa shape index (κ2) is 7.75. The summed E-state index contributed by atoms with van der Waals surface area (Å²) in [5.41, 5.74) is 3.50. The molecule has 5 nitrogen and oxygen atoms in total. The number of hydrogen-bond acceptors (Lipinski definition) is 4. The molecule has 3 rings (SSSR count). The molecule has 128 valence electrons. The molecule has 0 bridgehead atoms. The van der Waals surface area contributed by atoms with Crippen LogP contribution in [-0.4, -0.2) is 28.5 Å². The number of aromatic nitrogens is 2. The van der Waals surface area contributed by atoms with E-state index in [9.17, 15) is 4.79 Å². The molecule has 0 saturated carbocycles. The molecule has 0 aliphatic rings. The van der Waals surface area contributed by atoms with Crippen molar-refractivity contribution in [1.82, 2.24) is 15.3 Å². The van der Waals surface area contributed by atoms with Gasteiger partial charge in [-0.05, 0) is 49.7 Å². The van der Waals surface area contributed by atoms with Gasteiger partial charge >= 0.3 is 0 Å². The monoisotopic (exact) mass is 335 g/mol. The minimum Gasteiger partial charge on any atom is -0.481 e. The van der Waals surface area contributed by atoms with Gasteiger partial charge in [0.2, 0.25) is 0 Å². The number of fused-ring (bicyclic) bond motifs is 1. The summed E-state index contributed by atoms with van der Waals surface area (Å²) < 4.78 is 5.79. The zero-order chi connectivity index (χ0) is 17.6. The van der Waals surface area contributed by atoms with Gasteiger partial charge < -0.3 is 10.1 Å². The molecular weight excluding hydrogens is 314 g/mol. The first-order valence-corrected chi connectivity index (χ1v) is 8.48. The van der Waals surface area contributed by atoms with Gasteiger partial charge in [0.25, 0.3) is 5.91 Å². The number of hydrogen-bond donors (Lipinski definition) is 1. The third-order valence-corrected chi connectivity index (χ3v) is 3.89. The average Bonchev–Trinajstić information content (AvgIpc) is 2.66. The molecule has 0 fully saturated rings. The van der Waals surface area contributed by atoms with Gasteiger partial charge in [0.05, 0.1) is 22.9 Å². The van der Waals surface area contributed by atoms with Crippen molar-refractivity contribution >= 4 is 16.9 Å². The Balaban J connectivity index is 1.77. The molecule has 0 aliphatic heterocycles. The van der Waals surface area contributed by atoms with Crippen LogP contribution >= 0.6 is 0 Å². The quantitative estimate of drug-likeness (QED) is 0.748. The predicted octanol–water partition coefficient (Wildman–Crippen LogP) is 3.59. The largest absolute Gasteiger partial charge is 0.481 e. The number of amides is 1. The van der Waals surface area contributed by atoms with Gasteiger partial charge in [0, 0.05) is 12.1 Å². The van der Waals surface area contributed by atoms with E-state index in [1.54, 1.807) is 6.20 Å². The SMILES string of the molecule is CCNC(=O)[C@@H](CC)Oc1ccc(-c2cnc3ccccc3n2)cc1. The van der Waals surface area contributed by atoms with Crippen molar-refractivity contribution in [3.05, 3.63) is 54.7 Å². The highest BCUT2D eigenvalue weighted by atomic mass is 16.5. The van der Waals surface area contributed by atoms with Crippen LogP contribution in [0.4, 0.5) is 0 Å². The molecule has 1 N–H and O–H groups in total. The average molecular weight is 335 g/mol. The van der Waals surface area contributed by atoms with Crippen LogP contribution in [0, 0.1) is 0 Å². The number of likely N-dealkylation sites (N-methyl/N-ethyl adjacent to an activating group) is 1. The van der Waals surface area contributed by atoms with E-state index in [0.717, 1.165) is 22.3 Å². The maximum atomic E-state index is 11.9. The summed E-state index contributed by atoms with van der Waals surface area (Å²) in [6, 6.07) is 15.3. The van der Waals surface area contributed by atoms with E-state index in [2.05, 4.69) is 15.3 Å². The predicted molar refractivity (Wildman–Crippen MR) is 98.4 cm³/mol. The zero-order valence-corrected chi connectivity index (χ0v) is 14.4. The summed E-state index contributed by atoms with van der Waals surface area (Å²) in [5, 5.41) is 2.79. The van der Waals surface area contributed by atoms with Crippen molar-refractivity contribution in [1.29, 1.82) is 0 Å². The first-order valence-electron chi connectivity index (χ1n) is 8.48. The molecule has 0 radical (unpaired) electrons. The van der Waals surface area contributed by atoms with Crippen molar-refractivity contribution in [2.24, 2.45) is 0 Å². The van der Waals surface area contributed by atoms with Crippen LogP contribution < -0.4 is 10.1 Å². The van der Waals surface area contributed by atoms with E-state index in [1.807, 2.05) is 62.4 Å². The fraction of sp³-hybridized carbons (Fsp3) is 0.250. The van der Waals surface area contributed by atoms with Crippen molar-refractivity contribution in [2.45, 2.75) is 26.4 Å². The first kappa shape index (κ1) is 16.9. The Kier molecular flexibility index (Phi) is 5.23. The Bertz CT molecular complexity index is 862. The lowest BCUT2D eigenvalue weighted by molar-refractivity contribution is -0.128. The lowest BCUT2D eigenvalue weighted by Crippen LogP contribution is -2.37. The number of nitrogens with one attached hydrogen (secondary N) is 1. The van der Waals surface area contributed by atoms with Crippen molar-refractivity contribution in [3.63, 3.8) is 0 Å². The van der Waals surface area contributed by atoms with E-state index in [-0.39, 0.29) is 5.91 Å². The van der Waals surface area contributed by atoms with Crippen LogP contribution in [0.25, 0.3) is 22.3 Å².